The van der Waals surface area contributed by atoms with Crippen molar-refractivity contribution in [2.24, 2.45) is 11.1 Å². The topological polar surface area (TPSA) is 72.2 Å². The molecule has 0 bridgehead atoms. The van der Waals surface area contributed by atoms with E-state index in [2.05, 4.69) is 18.6 Å². The van der Waals surface area contributed by atoms with Crippen LogP contribution in [0.4, 0.5) is 0 Å². The van der Waals surface area contributed by atoms with Crippen LogP contribution in [-0.4, -0.2) is 27.3 Å². The molecule has 0 saturated heterocycles. The number of sulfonamides is 1. The summed E-state index contributed by atoms with van der Waals surface area (Å²) in [4.78, 5) is 0. The van der Waals surface area contributed by atoms with Gasteiger partial charge in [0, 0.05) is 6.54 Å². The Morgan fingerprint density at radius 2 is 1.75 bits per heavy atom. The van der Waals surface area contributed by atoms with E-state index in [4.69, 9.17) is 5.73 Å². The van der Waals surface area contributed by atoms with Crippen molar-refractivity contribution in [3.63, 3.8) is 0 Å². The maximum Gasteiger partial charge on any atom is 0.211 e. The van der Waals surface area contributed by atoms with Crippen LogP contribution in [0.3, 0.4) is 0 Å². The monoisotopic (exact) mass is 298 g/mol. The van der Waals surface area contributed by atoms with Gasteiger partial charge in [0.2, 0.25) is 10.0 Å². The summed E-state index contributed by atoms with van der Waals surface area (Å²) in [7, 11) is -3.25. The molecule has 1 aromatic carbocycles. The van der Waals surface area contributed by atoms with Gasteiger partial charge in [-0.15, -0.1) is 0 Å². The molecule has 0 heterocycles. The third-order valence-electron chi connectivity index (χ3n) is 4.10. The highest BCUT2D eigenvalue weighted by molar-refractivity contribution is 7.89. The molecule has 20 heavy (non-hydrogen) atoms. The Hall–Kier alpha value is -0.910. The molecule has 3 N–H and O–H groups in total. The molecule has 0 aromatic heterocycles. The molecular weight excluding hydrogens is 272 g/mol. The molecule has 0 amide bonds. The molecule has 0 aliphatic carbocycles. The van der Waals surface area contributed by atoms with Crippen molar-refractivity contribution in [3.05, 3.63) is 35.9 Å². The number of nitrogens with one attached hydrogen (secondary N) is 1. The molecule has 0 spiro atoms. The molecule has 0 atom stereocenters. The lowest BCUT2D eigenvalue weighted by Gasteiger charge is -2.30. The van der Waals surface area contributed by atoms with Crippen LogP contribution in [0.5, 0.6) is 0 Å². The van der Waals surface area contributed by atoms with Gasteiger partial charge in [0.05, 0.1) is 5.75 Å². The number of benzene rings is 1. The Morgan fingerprint density at radius 1 is 1.15 bits per heavy atom. The van der Waals surface area contributed by atoms with Gasteiger partial charge >= 0.3 is 0 Å². The lowest BCUT2D eigenvalue weighted by Crippen LogP contribution is -2.42. The van der Waals surface area contributed by atoms with E-state index in [1.54, 1.807) is 0 Å². The number of rotatable bonds is 9. The third-order valence-corrected chi connectivity index (χ3v) is 5.43. The van der Waals surface area contributed by atoms with Crippen molar-refractivity contribution in [2.75, 3.05) is 18.8 Å². The maximum atomic E-state index is 12.0. The first-order valence-corrected chi connectivity index (χ1v) is 8.83. The van der Waals surface area contributed by atoms with Gasteiger partial charge in [0.25, 0.3) is 0 Å². The Kier molecular flexibility index (Phi) is 6.65. The first kappa shape index (κ1) is 17.1. The molecule has 0 aliphatic heterocycles. The molecule has 5 heteroatoms. The maximum absolute atomic E-state index is 12.0. The zero-order chi connectivity index (χ0) is 15.1. The van der Waals surface area contributed by atoms with E-state index in [1.165, 1.54) is 0 Å². The van der Waals surface area contributed by atoms with Crippen LogP contribution < -0.4 is 10.5 Å². The van der Waals surface area contributed by atoms with E-state index in [0.717, 1.165) is 18.4 Å². The van der Waals surface area contributed by atoms with Crippen molar-refractivity contribution in [1.82, 2.24) is 4.72 Å². The SMILES string of the molecule is CCC(CC)(CN)CNS(=O)(=O)CCc1ccccc1. The lowest BCUT2D eigenvalue weighted by atomic mass is 9.83. The van der Waals surface area contributed by atoms with Gasteiger partial charge in [0.1, 0.15) is 0 Å². The number of aryl methyl sites for hydroxylation is 1. The van der Waals surface area contributed by atoms with Crippen molar-refractivity contribution in [3.8, 4) is 0 Å². The van der Waals surface area contributed by atoms with Gasteiger partial charge < -0.3 is 5.73 Å². The van der Waals surface area contributed by atoms with E-state index in [0.29, 0.717) is 19.5 Å². The summed E-state index contributed by atoms with van der Waals surface area (Å²) in [6.45, 7) is 5.03. The lowest BCUT2D eigenvalue weighted by molar-refractivity contribution is 0.275. The predicted molar refractivity (Wildman–Crippen MR) is 84.0 cm³/mol. The van der Waals surface area contributed by atoms with Gasteiger partial charge in [-0.3, -0.25) is 0 Å². The van der Waals surface area contributed by atoms with Crippen molar-refractivity contribution in [2.45, 2.75) is 33.1 Å². The fourth-order valence-electron chi connectivity index (χ4n) is 2.09. The molecule has 0 aliphatic rings. The Labute approximate surface area is 122 Å². The summed E-state index contributed by atoms with van der Waals surface area (Å²) in [5.74, 6) is 0.116. The summed E-state index contributed by atoms with van der Waals surface area (Å²) >= 11 is 0. The molecule has 0 unspecified atom stereocenters. The quantitative estimate of drug-likeness (QED) is 0.731. The molecule has 0 radical (unpaired) electrons. The molecule has 1 rings (SSSR count). The van der Waals surface area contributed by atoms with Crippen LogP contribution in [0.2, 0.25) is 0 Å². The average Bonchev–Trinajstić information content (AvgIpc) is 2.48. The summed E-state index contributed by atoms with van der Waals surface area (Å²) in [5.41, 5.74) is 6.70. The molecule has 114 valence electrons. The summed E-state index contributed by atoms with van der Waals surface area (Å²) < 4.78 is 26.8. The second-order valence-electron chi connectivity index (χ2n) is 5.29. The number of hydrogen-bond donors (Lipinski definition) is 2. The highest BCUT2D eigenvalue weighted by atomic mass is 32.2. The van der Waals surface area contributed by atoms with E-state index in [9.17, 15) is 8.42 Å². The number of nitrogens with two attached hydrogens (primary N) is 1. The van der Waals surface area contributed by atoms with E-state index < -0.39 is 10.0 Å². The van der Waals surface area contributed by atoms with Crippen LogP contribution in [0.15, 0.2) is 30.3 Å². The Bertz CT molecular complexity index is 474. The predicted octanol–water partition coefficient (Wildman–Crippen LogP) is 1.91. The Balaban J connectivity index is 2.53. The van der Waals surface area contributed by atoms with Crippen molar-refractivity contribution < 1.29 is 8.42 Å². The van der Waals surface area contributed by atoms with Crippen molar-refractivity contribution in [1.29, 1.82) is 0 Å². The standard InChI is InChI=1S/C15H26N2O2S/c1-3-15(4-2,12-16)13-17-20(18,19)11-10-14-8-6-5-7-9-14/h5-9,17H,3-4,10-13,16H2,1-2H3. The molecule has 0 saturated carbocycles. The van der Waals surface area contributed by atoms with E-state index in [-0.39, 0.29) is 11.2 Å². The second-order valence-corrected chi connectivity index (χ2v) is 7.21. The van der Waals surface area contributed by atoms with E-state index in [1.807, 2.05) is 30.3 Å². The van der Waals surface area contributed by atoms with Crippen LogP contribution in [0, 0.1) is 5.41 Å². The summed E-state index contributed by atoms with van der Waals surface area (Å²) in [5, 5.41) is 0. The van der Waals surface area contributed by atoms with Gasteiger partial charge in [-0.2, -0.15) is 0 Å². The minimum Gasteiger partial charge on any atom is -0.330 e. The van der Waals surface area contributed by atoms with Gasteiger partial charge in [-0.25, -0.2) is 13.1 Å². The molecular formula is C15H26N2O2S. The van der Waals surface area contributed by atoms with Crippen LogP contribution in [0.1, 0.15) is 32.3 Å². The fourth-order valence-corrected chi connectivity index (χ4v) is 3.27. The van der Waals surface area contributed by atoms with E-state index >= 15 is 0 Å². The summed E-state index contributed by atoms with van der Waals surface area (Å²) in [6.07, 6.45) is 2.28. The zero-order valence-electron chi connectivity index (χ0n) is 12.4. The largest absolute Gasteiger partial charge is 0.330 e. The van der Waals surface area contributed by atoms with Crippen LogP contribution in [0.25, 0.3) is 0 Å². The molecule has 0 fully saturated rings. The first-order valence-electron chi connectivity index (χ1n) is 7.18. The minimum absolute atomic E-state index is 0.116. The van der Waals surface area contributed by atoms with Crippen LogP contribution >= 0.6 is 0 Å². The Morgan fingerprint density at radius 3 is 2.25 bits per heavy atom. The fraction of sp³-hybridized carbons (Fsp3) is 0.600. The van der Waals surface area contributed by atoms with Crippen molar-refractivity contribution >= 4 is 10.0 Å². The highest BCUT2D eigenvalue weighted by Gasteiger charge is 2.26. The number of hydrogen-bond acceptors (Lipinski definition) is 3. The normalized spacial score (nSPS) is 12.6. The average molecular weight is 298 g/mol. The smallest absolute Gasteiger partial charge is 0.211 e. The van der Waals surface area contributed by atoms with Gasteiger partial charge in [0.15, 0.2) is 0 Å². The van der Waals surface area contributed by atoms with Crippen LogP contribution in [-0.2, 0) is 16.4 Å². The van der Waals surface area contributed by atoms with Gasteiger partial charge in [-0.1, -0.05) is 44.2 Å². The zero-order valence-corrected chi connectivity index (χ0v) is 13.2. The second kappa shape index (κ2) is 7.76. The molecule has 4 nitrogen and oxygen atoms in total. The molecule has 1 aromatic rings. The highest BCUT2D eigenvalue weighted by Crippen LogP contribution is 2.23. The minimum atomic E-state index is -3.25. The summed E-state index contributed by atoms with van der Waals surface area (Å²) in [6, 6.07) is 9.65. The third kappa shape index (κ3) is 5.23. The first-order chi connectivity index (χ1) is 9.47. The van der Waals surface area contributed by atoms with Gasteiger partial charge in [-0.05, 0) is 36.8 Å².